The summed E-state index contributed by atoms with van der Waals surface area (Å²) in [6.07, 6.45) is 9.56. The van der Waals surface area contributed by atoms with Crippen molar-refractivity contribution in [2.24, 2.45) is 0 Å². The Bertz CT molecular complexity index is 398. The number of ether oxygens (including phenoxy) is 1. The lowest BCUT2D eigenvalue weighted by Gasteiger charge is -2.03. The third kappa shape index (κ3) is 4.09. The average Bonchev–Trinajstić information content (AvgIpc) is 2.28. The maximum absolute atomic E-state index is 12.7. The molecule has 0 fully saturated rings. The van der Waals surface area contributed by atoms with E-state index >= 15 is 0 Å². The van der Waals surface area contributed by atoms with Gasteiger partial charge in [-0.2, -0.15) is 0 Å². The smallest absolute Gasteiger partial charge is 0.339 e. The Morgan fingerprint density at radius 2 is 2.31 bits per heavy atom. The van der Waals surface area contributed by atoms with Crippen molar-refractivity contribution < 1.29 is 13.9 Å². The van der Waals surface area contributed by atoms with Gasteiger partial charge in [-0.3, -0.25) is 4.98 Å². The van der Waals surface area contributed by atoms with Crippen molar-refractivity contribution in [1.82, 2.24) is 4.98 Å². The first-order chi connectivity index (χ1) is 7.74. The predicted octanol–water partition coefficient (Wildman–Crippen LogP) is 2.18. The van der Waals surface area contributed by atoms with Gasteiger partial charge in [0.2, 0.25) is 0 Å². The zero-order valence-corrected chi connectivity index (χ0v) is 8.78. The molecule has 1 aromatic rings. The van der Waals surface area contributed by atoms with Gasteiger partial charge in [0.15, 0.2) is 0 Å². The van der Waals surface area contributed by atoms with Crippen molar-refractivity contribution in [3.8, 4) is 12.3 Å². The molecule has 84 valence electrons. The van der Waals surface area contributed by atoms with Gasteiger partial charge >= 0.3 is 5.97 Å². The standard InChI is InChI=1S/C12H12FNO2/c1-2-3-4-5-6-16-12(15)10-7-11(13)9-14-8-10/h1,7-9H,3-6H2. The van der Waals surface area contributed by atoms with Gasteiger partial charge in [0.1, 0.15) is 5.82 Å². The fourth-order valence-corrected chi connectivity index (χ4v) is 1.10. The van der Waals surface area contributed by atoms with Crippen molar-refractivity contribution in [3.63, 3.8) is 0 Å². The van der Waals surface area contributed by atoms with Crippen molar-refractivity contribution in [3.05, 3.63) is 29.8 Å². The number of terminal acetylenes is 1. The van der Waals surface area contributed by atoms with Crippen LogP contribution in [0, 0.1) is 18.2 Å². The molecule has 0 aromatic carbocycles. The third-order valence-corrected chi connectivity index (χ3v) is 1.89. The van der Waals surface area contributed by atoms with Crippen LogP contribution in [0.25, 0.3) is 0 Å². The summed E-state index contributed by atoms with van der Waals surface area (Å²) in [7, 11) is 0. The molecule has 0 saturated heterocycles. The van der Waals surface area contributed by atoms with Crippen LogP contribution < -0.4 is 0 Å². The van der Waals surface area contributed by atoms with Gasteiger partial charge in [-0.1, -0.05) is 0 Å². The number of unbranched alkanes of at least 4 members (excludes halogenated alkanes) is 2. The molecule has 3 nitrogen and oxygen atoms in total. The van der Waals surface area contributed by atoms with Crippen molar-refractivity contribution in [2.45, 2.75) is 19.3 Å². The lowest BCUT2D eigenvalue weighted by Crippen LogP contribution is -2.07. The monoisotopic (exact) mass is 221 g/mol. The van der Waals surface area contributed by atoms with E-state index in [0.29, 0.717) is 12.8 Å². The Labute approximate surface area is 93.6 Å². The Balaban J connectivity index is 2.33. The molecule has 1 rings (SSSR count). The highest BCUT2D eigenvalue weighted by Gasteiger charge is 2.07. The first-order valence-electron chi connectivity index (χ1n) is 4.95. The first kappa shape index (κ1) is 12.2. The first-order valence-corrected chi connectivity index (χ1v) is 4.95. The van der Waals surface area contributed by atoms with Crippen LogP contribution in [0.15, 0.2) is 18.5 Å². The number of carbonyl (C=O) groups is 1. The fourth-order valence-electron chi connectivity index (χ4n) is 1.10. The molecule has 0 N–H and O–H groups in total. The minimum atomic E-state index is -0.562. The molecule has 0 radical (unpaired) electrons. The molecule has 0 spiro atoms. The summed E-state index contributed by atoms with van der Waals surface area (Å²) in [5, 5.41) is 0. The van der Waals surface area contributed by atoms with Crippen molar-refractivity contribution >= 4 is 5.97 Å². The van der Waals surface area contributed by atoms with E-state index in [4.69, 9.17) is 11.2 Å². The minimum absolute atomic E-state index is 0.122. The Hall–Kier alpha value is -1.89. The van der Waals surface area contributed by atoms with Gasteiger partial charge in [0.05, 0.1) is 18.4 Å². The molecule has 0 bridgehead atoms. The number of aromatic nitrogens is 1. The van der Waals surface area contributed by atoms with Crippen LogP contribution in [-0.4, -0.2) is 17.6 Å². The topological polar surface area (TPSA) is 39.2 Å². The second-order valence-electron chi connectivity index (χ2n) is 3.19. The van der Waals surface area contributed by atoms with E-state index in [2.05, 4.69) is 10.9 Å². The largest absolute Gasteiger partial charge is 0.462 e. The Morgan fingerprint density at radius 1 is 1.50 bits per heavy atom. The molecule has 0 aliphatic rings. The quantitative estimate of drug-likeness (QED) is 0.434. The summed E-state index contributed by atoms with van der Waals surface area (Å²) in [5.41, 5.74) is 0.122. The normalized spacial score (nSPS) is 9.50. The molecular weight excluding hydrogens is 209 g/mol. The van der Waals surface area contributed by atoms with Crippen LogP contribution in [0.3, 0.4) is 0 Å². The molecule has 0 aliphatic carbocycles. The molecule has 1 heterocycles. The third-order valence-electron chi connectivity index (χ3n) is 1.89. The number of nitrogens with zero attached hydrogens (tertiary/aromatic N) is 1. The number of carbonyl (C=O) groups excluding carboxylic acids is 1. The SMILES string of the molecule is C#CCCCCOC(=O)c1cncc(F)c1. The second-order valence-corrected chi connectivity index (χ2v) is 3.19. The Morgan fingerprint density at radius 3 is 3.00 bits per heavy atom. The summed E-state index contributed by atoms with van der Waals surface area (Å²) in [6, 6.07) is 1.09. The molecule has 0 aliphatic heterocycles. The molecule has 0 saturated carbocycles. The molecular formula is C12H12FNO2. The summed E-state index contributed by atoms with van der Waals surface area (Å²) in [4.78, 5) is 14.9. The molecule has 0 atom stereocenters. The van der Waals surface area contributed by atoms with Gasteiger partial charge in [-0.05, 0) is 18.9 Å². The van der Waals surface area contributed by atoms with Crippen molar-refractivity contribution in [2.75, 3.05) is 6.61 Å². The molecule has 16 heavy (non-hydrogen) atoms. The average molecular weight is 221 g/mol. The maximum atomic E-state index is 12.7. The molecule has 0 amide bonds. The summed E-state index contributed by atoms with van der Waals surface area (Å²) in [6.45, 7) is 0.289. The van der Waals surface area contributed by atoms with Crippen LogP contribution in [0.1, 0.15) is 29.6 Å². The van der Waals surface area contributed by atoms with E-state index < -0.39 is 11.8 Å². The van der Waals surface area contributed by atoms with Gasteiger partial charge in [-0.15, -0.1) is 12.3 Å². The molecule has 4 heteroatoms. The highest BCUT2D eigenvalue weighted by atomic mass is 19.1. The van der Waals surface area contributed by atoms with Crippen LogP contribution in [0.2, 0.25) is 0 Å². The molecule has 1 aromatic heterocycles. The van der Waals surface area contributed by atoms with Gasteiger partial charge < -0.3 is 4.74 Å². The number of pyridine rings is 1. The fraction of sp³-hybridized carbons (Fsp3) is 0.333. The lowest BCUT2D eigenvalue weighted by atomic mass is 10.2. The van der Waals surface area contributed by atoms with Gasteiger partial charge in [0, 0.05) is 12.6 Å². The van der Waals surface area contributed by atoms with Crippen LogP contribution in [-0.2, 0) is 4.74 Å². The van der Waals surface area contributed by atoms with Crippen molar-refractivity contribution in [1.29, 1.82) is 0 Å². The number of halogens is 1. The number of hydrogen-bond acceptors (Lipinski definition) is 3. The molecule has 0 unspecified atom stereocenters. The zero-order chi connectivity index (χ0) is 11.8. The van der Waals surface area contributed by atoms with E-state index in [0.717, 1.165) is 18.7 Å². The zero-order valence-electron chi connectivity index (χ0n) is 8.78. The minimum Gasteiger partial charge on any atom is -0.462 e. The van der Waals surface area contributed by atoms with E-state index in [1.165, 1.54) is 6.20 Å². The van der Waals surface area contributed by atoms with Crippen LogP contribution >= 0.6 is 0 Å². The maximum Gasteiger partial charge on any atom is 0.339 e. The van der Waals surface area contributed by atoms with Gasteiger partial charge in [0.25, 0.3) is 0 Å². The van der Waals surface area contributed by atoms with Crippen LogP contribution in [0.5, 0.6) is 0 Å². The number of hydrogen-bond donors (Lipinski definition) is 0. The highest BCUT2D eigenvalue weighted by Crippen LogP contribution is 2.04. The van der Waals surface area contributed by atoms with E-state index in [1.54, 1.807) is 0 Å². The highest BCUT2D eigenvalue weighted by molar-refractivity contribution is 5.88. The van der Waals surface area contributed by atoms with Crippen LogP contribution in [0.4, 0.5) is 4.39 Å². The van der Waals surface area contributed by atoms with Gasteiger partial charge in [-0.25, -0.2) is 9.18 Å². The summed E-state index contributed by atoms with van der Waals surface area (Å²) >= 11 is 0. The lowest BCUT2D eigenvalue weighted by molar-refractivity contribution is 0.0497. The van der Waals surface area contributed by atoms with E-state index in [9.17, 15) is 9.18 Å². The second kappa shape index (κ2) is 6.57. The Kier molecular flexibility index (Phi) is 5.00. The summed E-state index contributed by atoms with van der Waals surface area (Å²) in [5.74, 6) is 1.38. The number of rotatable bonds is 5. The predicted molar refractivity (Wildman–Crippen MR) is 57.2 cm³/mol. The van der Waals surface area contributed by atoms with E-state index in [-0.39, 0.29) is 12.2 Å². The number of esters is 1. The summed E-state index contributed by atoms with van der Waals surface area (Å²) < 4.78 is 17.6. The van der Waals surface area contributed by atoms with E-state index in [1.807, 2.05) is 0 Å².